The Morgan fingerprint density at radius 3 is 2.37 bits per heavy atom. The number of rotatable bonds is 8. The van der Waals surface area contributed by atoms with Crippen LogP contribution in [0.5, 0.6) is 0 Å². The summed E-state index contributed by atoms with van der Waals surface area (Å²) in [7, 11) is 0. The fourth-order valence-electron chi connectivity index (χ4n) is 4.68. The fourth-order valence-corrected chi connectivity index (χ4v) is 4.68. The number of amides is 2. The van der Waals surface area contributed by atoms with Gasteiger partial charge in [0.05, 0.1) is 18.1 Å². The minimum absolute atomic E-state index is 0.0762. The first kappa shape index (κ1) is 22.3. The smallest absolute Gasteiger partial charge is 0.242 e. The first-order chi connectivity index (χ1) is 14.5. The van der Waals surface area contributed by atoms with Crippen LogP contribution in [0.15, 0.2) is 42.5 Å². The molecule has 0 heterocycles. The number of carbonyl (C=O) groups is 2. The van der Waals surface area contributed by atoms with E-state index >= 15 is 0 Å². The number of fused-ring (bicyclic) bond motifs is 1. The lowest BCUT2D eigenvalue weighted by Crippen LogP contribution is -2.60. The second-order valence-corrected chi connectivity index (χ2v) is 8.33. The van der Waals surface area contributed by atoms with Crippen molar-refractivity contribution in [2.45, 2.75) is 64.5 Å². The third-order valence-electron chi connectivity index (χ3n) is 6.42. The minimum atomic E-state index is -0.607. The monoisotopic (exact) mass is 409 g/mol. The highest BCUT2D eigenvalue weighted by molar-refractivity contribution is 5.89. The van der Waals surface area contributed by atoms with Crippen molar-refractivity contribution in [3.63, 3.8) is 0 Å². The molecule has 0 radical (unpaired) electrons. The molecule has 2 amide bonds. The molecule has 1 aliphatic rings. The Morgan fingerprint density at radius 1 is 1.00 bits per heavy atom. The number of benzene rings is 2. The number of likely N-dealkylation sites (N-methyl/N-ethyl adjacent to an activating group) is 1. The van der Waals surface area contributed by atoms with Gasteiger partial charge in [0, 0.05) is 13.1 Å². The zero-order valence-corrected chi connectivity index (χ0v) is 18.5. The predicted molar refractivity (Wildman–Crippen MR) is 122 cm³/mol. The third kappa shape index (κ3) is 4.84. The number of nitrogens with zero attached hydrogens (tertiary/aromatic N) is 1. The summed E-state index contributed by atoms with van der Waals surface area (Å²) >= 11 is 0. The zero-order chi connectivity index (χ0) is 21.6. The first-order valence-electron chi connectivity index (χ1n) is 11.3. The Morgan fingerprint density at radius 2 is 1.67 bits per heavy atom. The standard InChI is InChI=1S/C25H35N3O2/c1-4-28(5-2)24(30)25(16-9-6-10-17-25)26-18-23(29)27-19(3)21-15-11-13-20-12-7-8-14-22(20)21/h7-8,11-15,19,26H,4-6,9-10,16-18H2,1-3H3,(H,27,29). The average Bonchev–Trinajstić information content (AvgIpc) is 2.78. The number of hydrogen-bond donors (Lipinski definition) is 2. The van der Waals surface area contributed by atoms with Crippen LogP contribution in [0.25, 0.3) is 10.8 Å². The van der Waals surface area contributed by atoms with Crippen LogP contribution >= 0.6 is 0 Å². The van der Waals surface area contributed by atoms with Crippen LogP contribution in [0.1, 0.15) is 64.5 Å². The molecule has 2 aromatic rings. The summed E-state index contributed by atoms with van der Waals surface area (Å²) < 4.78 is 0. The van der Waals surface area contributed by atoms with Crippen LogP contribution in [-0.2, 0) is 9.59 Å². The summed E-state index contributed by atoms with van der Waals surface area (Å²) in [4.78, 5) is 27.9. The summed E-state index contributed by atoms with van der Waals surface area (Å²) in [6.07, 6.45) is 4.80. The van der Waals surface area contributed by atoms with Crippen LogP contribution in [0, 0.1) is 0 Å². The minimum Gasteiger partial charge on any atom is -0.348 e. The molecule has 1 fully saturated rings. The second kappa shape index (κ2) is 10.1. The summed E-state index contributed by atoms with van der Waals surface area (Å²) in [6.45, 7) is 7.58. The van der Waals surface area contributed by atoms with Gasteiger partial charge in [-0.15, -0.1) is 0 Å². The maximum Gasteiger partial charge on any atom is 0.242 e. The van der Waals surface area contributed by atoms with Crippen molar-refractivity contribution < 1.29 is 9.59 Å². The normalized spacial score (nSPS) is 16.8. The van der Waals surface area contributed by atoms with E-state index in [1.54, 1.807) is 0 Å². The molecule has 1 aliphatic carbocycles. The van der Waals surface area contributed by atoms with E-state index in [2.05, 4.69) is 34.9 Å². The Labute approximate surface area is 180 Å². The van der Waals surface area contributed by atoms with Gasteiger partial charge in [0.25, 0.3) is 0 Å². The molecule has 30 heavy (non-hydrogen) atoms. The topological polar surface area (TPSA) is 61.4 Å². The number of carbonyl (C=O) groups excluding carboxylic acids is 2. The molecule has 0 aromatic heterocycles. The maximum absolute atomic E-state index is 13.2. The van der Waals surface area contributed by atoms with E-state index in [1.807, 2.05) is 43.9 Å². The first-order valence-corrected chi connectivity index (χ1v) is 11.3. The van der Waals surface area contributed by atoms with Crippen molar-refractivity contribution in [2.75, 3.05) is 19.6 Å². The molecule has 1 atom stereocenters. The molecule has 1 unspecified atom stereocenters. The van der Waals surface area contributed by atoms with Gasteiger partial charge in [-0.05, 0) is 49.9 Å². The molecule has 2 aromatic carbocycles. The van der Waals surface area contributed by atoms with Gasteiger partial charge in [-0.3, -0.25) is 14.9 Å². The maximum atomic E-state index is 13.2. The SMILES string of the molecule is CCN(CC)C(=O)C1(NCC(=O)NC(C)c2cccc3ccccc23)CCCCC1. The van der Waals surface area contributed by atoms with E-state index in [0.29, 0.717) is 13.1 Å². The second-order valence-electron chi connectivity index (χ2n) is 8.33. The van der Waals surface area contributed by atoms with E-state index in [4.69, 9.17) is 0 Å². The van der Waals surface area contributed by atoms with Gasteiger partial charge < -0.3 is 10.2 Å². The summed E-state index contributed by atoms with van der Waals surface area (Å²) in [5, 5.41) is 8.81. The summed E-state index contributed by atoms with van der Waals surface area (Å²) in [5.41, 5.74) is 0.498. The molecule has 2 N–H and O–H groups in total. The fraction of sp³-hybridized carbons (Fsp3) is 0.520. The van der Waals surface area contributed by atoms with Crippen LogP contribution in [-0.4, -0.2) is 41.9 Å². The van der Waals surface area contributed by atoms with Gasteiger partial charge in [-0.2, -0.15) is 0 Å². The van der Waals surface area contributed by atoms with Crippen molar-refractivity contribution >= 4 is 22.6 Å². The van der Waals surface area contributed by atoms with Crippen LogP contribution < -0.4 is 10.6 Å². The predicted octanol–water partition coefficient (Wildman–Crippen LogP) is 4.18. The average molecular weight is 410 g/mol. The van der Waals surface area contributed by atoms with Crippen LogP contribution in [0.2, 0.25) is 0 Å². The van der Waals surface area contributed by atoms with Gasteiger partial charge in [0.15, 0.2) is 0 Å². The lowest BCUT2D eigenvalue weighted by atomic mass is 9.80. The van der Waals surface area contributed by atoms with Crippen molar-refractivity contribution in [3.05, 3.63) is 48.0 Å². The quantitative estimate of drug-likeness (QED) is 0.688. The van der Waals surface area contributed by atoms with Crippen molar-refractivity contribution in [2.24, 2.45) is 0 Å². The largest absolute Gasteiger partial charge is 0.348 e. The Hall–Kier alpha value is -2.40. The van der Waals surface area contributed by atoms with Gasteiger partial charge in [-0.1, -0.05) is 61.7 Å². The van der Waals surface area contributed by atoms with E-state index in [9.17, 15) is 9.59 Å². The zero-order valence-electron chi connectivity index (χ0n) is 18.5. The number of nitrogens with one attached hydrogen (secondary N) is 2. The number of hydrogen-bond acceptors (Lipinski definition) is 3. The van der Waals surface area contributed by atoms with Gasteiger partial charge in [-0.25, -0.2) is 0 Å². The summed E-state index contributed by atoms with van der Waals surface area (Å²) in [5.74, 6) is 0.0647. The van der Waals surface area contributed by atoms with E-state index in [-0.39, 0.29) is 24.4 Å². The van der Waals surface area contributed by atoms with E-state index < -0.39 is 5.54 Å². The third-order valence-corrected chi connectivity index (χ3v) is 6.42. The van der Waals surface area contributed by atoms with E-state index in [1.165, 1.54) is 5.39 Å². The molecule has 5 nitrogen and oxygen atoms in total. The van der Waals surface area contributed by atoms with E-state index in [0.717, 1.165) is 43.1 Å². The van der Waals surface area contributed by atoms with Gasteiger partial charge in [0.2, 0.25) is 11.8 Å². The highest BCUT2D eigenvalue weighted by atomic mass is 16.2. The lowest BCUT2D eigenvalue weighted by molar-refractivity contribution is -0.139. The molecule has 0 saturated heterocycles. The Kier molecular flexibility index (Phi) is 7.48. The molecule has 3 rings (SSSR count). The molecule has 0 bridgehead atoms. The van der Waals surface area contributed by atoms with Crippen molar-refractivity contribution in [3.8, 4) is 0 Å². The molecular weight excluding hydrogens is 374 g/mol. The Bertz CT molecular complexity index is 864. The van der Waals surface area contributed by atoms with Gasteiger partial charge >= 0.3 is 0 Å². The Balaban J connectivity index is 1.67. The molecule has 162 valence electrons. The molecule has 0 aliphatic heterocycles. The van der Waals surface area contributed by atoms with Crippen LogP contribution in [0.4, 0.5) is 0 Å². The molecule has 5 heteroatoms. The molecule has 1 saturated carbocycles. The summed E-state index contributed by atoms with van der Waals surface area (Å²) in [6, 6.07) is 14.3. The lowest BCUT2D eigenvalue weighted by Gasteiger charge is -2.40. The van der Waals surface area contributed by atoms with Crippen molar-refractivity contribution in [1.29, 1.82) is 0 Å². The van der Waals surface area contributed by atoms with Crippen molar-refractivity contribution in [1.82, 2.24) is 15.5 Å². The highest BCUT2D eigenvalue weighted by Crippen LogP contribution is 2.30. The van der Waals surface area contributed by atoms with Crippen LogP contribution in [0.3, 0.4) is 0 Å². The molecular formula is C25H35N3O2. The van der Waals surface area contributed by atoms with Gasteiger partial charge in [0.1, 0.15) is 0 Å². The molecule has 0 spiro atoms. The highest BCUT2D eigenvalue weighted by Gasteiger charge is 2.41.